The molecule has 0 bridgehead atoms. The third-order valence-corrected chi connectivity index (χ3v) is 4.99. The maximum atomic E-state index is 13.9. The van der Waals surface area contributed by atoms with Gasteiger partial charge in [0.25, 0.3) is 0 Å². The van der Waals surface area contributed by atoms with Crippen molar-refractivity contribution >= 4 is 27.7 Å². The number of rotatable bonds is 2. The number of aldehydes is 1. The van der Waals surface area contributed by atoms with Crippen LogP contribution in [0, 0.1) is 11.6 Å². The highest BCUT2D eigenvalue weighted by atomic mass is 32.1. The van der Waals surface area contributed by atoms with Crippen molar-refractivity contribution in [3.05, 3.63) is 59.2 Å². The lowest BCUT2D eigenvalue weighted by atomic mass is 9.85. The van der Waals surface area contributed by atoms with Crippen molar-refractivity contribution in [3.63, 3.8) is 0 Å². The number of carbonyl (C=O) groups excluding carboxylic acids is 1. The predicted octanol–water partition coefficient (Wildman–Crippen LogP) is 5.96. The molecule has 1 nitrogen and oxygen atoms in total. The second-order valence-electron chi connectivity index (χ2n) is 6.63. The number of hydrogen-bond acceptors (Lipinski definition) is 2. The molecule has 1 heterocycles. The molecule has 2 aromatic carbocycles. The molecule has 3 rings (SSSR count). The monoisotopic (exact) mass is 330 g/mol. The summed E-state index contributed by atoms with van der Waals surface area (Å²) in [6.45, 7) is 6.21. The second kappa shape index (κ2) is 5.53. The summed E-state index contributed by atoms with van der Waals surface area (Å²) < 4.78 is 27.7. The van der Waals surface area contributed by atoms with E-state index in [9.17, 15) is 13.6 Å². The molecule has 23 heavy (non-hydrogen) atoms. The molecule has 0 amide bonds. The number of thiophene rings is 1. The van der Waals surface area contributed by atoms with E-state index < -0.39 is 11.6 Å². The van der Waals surface area contributed by atoms with E-state index >= 15 is 0 Å². The van der Waals surface area contributed by atoms with Gasteiger partial charge in [-0.05, 0) is 52.3 Å². The average Bonchev–Trinajstić information content (AvgIpc) is 2.90. The van der Waals surface area contributed by atoms with Crippen molar-refractivity contribution in [2.24, 2.45) is 0 Å². The first-order valence-corrected chi connectivity index (χ1v) is 8.09. The largest absolute Gasteiger partial charge is 0.298 e. The van der Waals surface area contributed by atoms with Crippen LogP contribution in [0.4, 0.5) is 8.78 Å². The van der Waals surface area contributed by atoms with Crippen LogP contribution in [0.15, 0.2) is 36.4 Å². The summed E-state index contributed by atoms with van der Waals surface area (Å²) in [6, 6.07) is 9.64. The van der Waals surface area contributed by atoms with E-state index in [1.54, 1.807) is 12.1 Å². The van der Waals surface area contributed by atoms with Crippen molar-refractivity contribution < 1.29 is 13.6 Å². The smallest absolute Gasteiger partial charge is 0.150 e. The number of fused-ring (bicyclic) bond motifs is 1. The van der Waals surface area contributed by atoms with Gasteiger partial charge in [0.15, 0.2) is 0 Å². The zero-order valence-electron chi connectivity index (χ0n) is 13.1. The van der Waals surface area contributed by atoms with Crippen LogP contribution in [-0.4, -0.2) is 6.29 Å². The van der Waals surface area contributed by atoms with E-state index in [2.05, 4.69) is 20.8 Å². The molecule has 1 aromatic heterocycles. The molecule has 0 saturated heterocycles. The van der Waals surface area contributed by atoms with E-state index in [1.807, 2.05) is 12.1 Å². The minimum absolute atomic E-state index is 0.109. The molecule has 0 atom stereocenters. The Morgan fingerprint density at radius 1 is 1.00 bits per heavy atom. The van der Waals surface area contributed by atoms with E-state index in [-0.39, 0.29) is 5.41 Å². The fraction of sp³-hybridized carbons (Fsp3) is 0.211. The van der Waals surface area contributed by atoms with Gasteiger partial charge in [-0.1, -0.05) is 20.8 Å². The molecule has 0 spiro atoms. The maximum Gasteiger partial charge on any atom is 0.150 e. The van der Waals surface area contributed by atoms with Crippen LogP contribution in [-0.2, 0) is 5.41 Å². The quantitative estimate of drug-likeness (QED) is 0.530. The predicted molar refractivity (Wildman–Crippen MR) is 91.3 cm³/mol. The maximum absolute atomic E-state index is 13.9. The Morgan fingerprint density at radius 3 is 2.39 bits per heavy atom. The topological polar surface area (TPSA) is 17.1 Å². The highest BCUT2D eigenvalue weighted by Crippen LogP contribution is 2.37. The molecule has 0 aliphatic heterocycles. The van der Waals surface area contributed by atoms with Gasteiger partial charge in [0, 0.05) is 16.5 Å². The standard InChI is InChI=1S/C19H16F2OS/c1-19(2,3)14-5-11(10-22)4-12(6-14)17-8-13-7-15(20)9-16(21)18(13)23-17/h4-10H,1-3H3. The van der Waals surface area contributed by atoms with E-state index in [0.717, 1.165) is 28.4 Å². The highest BCUT2D eigenvalue weighted by molar-refractivity contribution is 7.22. The number of halogens is 2. The minimum Gasteiger partial charge on any atom is -0.298 e. The SMILES string of the molecule is CC(C)(C)c1cc(C=O)cc(-c2cc3cc(F)cc(F)c3s2)c1. The molecule has 0 N–H and O–H groups in total. The van der Waals surface area contributed by atoms with Crippen molar-refractivity contribution in [2.75, 3.05) is 0 Å². The lowest BCUT2D eigenvalue weighted by Gasteiger charge is -2.20. The van der Waals surface area contributed by atoms with Crippen LogP contribution < -0.4 is 0 Å². The van der Waals surface area contributed by atoms with E-state index in [4.69, 9.17) is 0 Å². The average molecular weight is 330 g/mol. The summed E-state index contributed by atoms with van der Waals surface area (Å²) in [7, 11) is 0. The summed E-state index contributed by atoms with van der Waals surface area (Å²) in [4.78, 5) is 12.1. The summed E-state index contributed by atoms with van der Waals surface area (Å²) in [5.74, 6) is -1.14. The lowest BCUT2D eigenvalue weighted by molar-refractivity contribution is 0.112. The van der Waals surface area contributed by atoms with Crippen LogP contribution in [0.1, 0.15) is 36.7 Å². The van der Waals surface area contributed by atoms with Crippen molar-refractivity contribution in [3.8, 4) is 10.4 Å². The minimum atomic E-state index is -0.587. The number of hydrogen-bond donors (Lipinski definition) is 0. The Hall–Kier alpha value is -2.07. The molecular formula is C19H16F2OS. The van der Waals surface area contributed by atoms with Gasteiger partial charge >= 0.3 is 0 Å². The van der Waals surface area contributed by atoms with Gasteiger partial charge in [-0.3, -0.25) is 4.79 Å². The fourth-order valence-electron chi connectivity index (χ4n) is 2.51. The van der Waals surface area contributed by atoms with Gasteiger partial charge < -0.3 is 0 Å². The number of benzene rings is 2. The fourth-order valence-corrected chi connectivity index (χ4v) is 3.55. The lowest BCUT2D eigenvalue weighted by Crippen LogP contribution is -2.11. The highest BCUT2D eigenvalue weighted by Gasteiger charge is 2.17. The van der Waals surface area contributed by atoms with Crippen molar-refractivity contribution in [1.29, 1.82) is 0 Å². The molecule has 3 aromatic rings. The molecular weight excluding hydrogens is 314 g/mol. The van der Waals surface area contributed by atoms with Gasteiger partial charge in [0.1, 0.15) is 17.9 Å². The second-order valence-corrected chi connectivity index (χ2v) is 7.68. The van der Waals surface area contributed by atoms with Crippen LogP contribution in [0.5, 0.6) is 0 Å². The number of carbonyl (C=O) groups is 1. The van der Waals surface area contributed by atoms with Crippen molar-refractivity contribution in [2.45, 2.75) is 26.2 Å². The Balaban J connectivity index is 2.22. The van der Waals surface area contributed by atoms with Gasteiger partial charge in [-0.2, -0.15) is 0 Å². The van der Waals surface area contributed by atoms with Gasteiger partial charge in [0.2, 0.25) is 0 Å². The molecule has 118 valence electrons. The molecule has 0 fully saturated rings. The van der Waals surface area contributed by atoms with Crippen LogP contribution in [0.25, 0.3) is 20.5 Å². The zero-order valence-corrected chi connectivity index (χ0v) is 13.9. The van der Waals surface area contributed by atoms with Crippen LogP contribution in [0.3, 0.4) is 0 Å². The summed E-state index contributed by atoms with van der Waals surface area (Å²) in [5.41, 5.74) is 2.35. The van der Waals surface area contributed by atoms with E-state index in [1.165, 1.54) is 17.4 Å². The first-order chi connectivity index (χ1) is 10.8. The Morgan fingerprint density at radius 2 is 1.74 bits per heavy atom. The third-order valence-electron chi connectivity index (χ3n) is 3.78. The van der Waals surface area contributed by atoms with Crippen LogP contribution >= 0.6 is 11.3 Å². The van der Waals surface area contributed by atoms with Gasteiger partial charge in [-0.15, -0.1) is 11.3 Å². The Kier molecular flexibility index (Phi) is 3.80. The first kappa shape index (κ1) is 15.8. The summed E-state index contributed by atoms with van der Waals surface area (Å²) in [5, 5.41) is 0.538. The molecule has 0 aliphatic carbocycles. The molecule has 0 radical (unpaired) electrons. The van der Waals surface area contributed by atoms with Crippen LogP contribution in [0.2, 0.25) is 0 Å². The van der Waals surface area contributed by atoms with Crippen molar-refractivity contribution in [1.82, 2.24) is 0 Å². The molecule has 0 aliphatic rings. The molecule has 4 heteroatoms. The van der Waals surface area contributed by atoms with Gasteiger partial charge in [0.05, 0.1) is 4.70 Å². The summed E-state index contributed by atoms with van der Waals surface area (Å²) >= 11 is 1.27. The van der Waals surface area contributed by atoms with Gasteiger partial charge in [-0.25, -0.2) is 8.78 Å². The van der Waals surface area contributed by atoms with E-state index in [0.29, 0.717) is 15.6 Å². The Labute approximate surface area is 137 Å². The summed E-state index contributed by atoms with van der Waals surface area (Å²) in [6.07, 6.45) is 0.812. The first-order valence-electron chi connectivity index (χ1n) is 7.27. The normalized spacial score (nSPS) is 11.9. The zero-order chi connectivity index (χ0) is 16.8. The third kappa shape index (κ3) is 3.04. The molecule has 0 saturated carbocycles. The Bertz CT molecular complexity index is 904. The molecule has 0 unspecified atom stereocenters.